The van der Waals surface area contributed by atoms with Crippen LogP contribution in [0.5, 0.6) is 0 Å². The molecule has 0 aromatic heterocycles. The lowest BCUT2D eigenvalue weighted by molar-refractivity contribution is -0.126. The predicted octanol–water partition coefficient (Wildman–Crippen LogP) is 2.58. The number of hydrogen-bond acceptors (Lipinski definition) is 2. The Kier molecular flexibility index (Phi) is 5.12. The van der Waals surface area contributed by atoms with Crippen molar-refractivity contribution >= 4 is 5.91 Å². The Morgan fingerprint density at radius 2 is 1.79 bits per heavy atom. The molecule has 0 saturated carbocycles. The van der Waals surface area contributed by atoms with E-state index in [2.05, 4.69) is 36.5 Å². The summed E-state index contributed by atoms with van der Waals surface area (Å²) in [5.41, 5.74) is 7.80. The van der Waals surface area contributed by atoms with Gasteiger partial charge in [-0.2, -0.15) is 0 Å². The second-order valence-electron chi connectivity index (χ2n) is 5.81. The number of nitrogens with two attached hydrogens (primary N) is 1. The quantitative estimate of drug-likeness (QED) is 0.857. The summed E-state index contributed by atoms with van der Waals surface area (Å²) < 4.78 is 0. The lowest BCUT2D eigenvalue weighted by Gasteiger charge is -2.29. The summed E-state index contributed by atoms with van der Waals surface area (Å²) in [5.74, 6) is -0.186. The molecule has 0 fully saturated rings. The number of amides is 1. The second kappa shape index (κ2) is 6.20. The van der Waals surface area contributed by atoms with Crippen LogP contribution in [-0.4, -0.2) is 11.9 Å². The summed E-state index contributed by atoms with van der Waals surface area (Å²) in [6.45, 7) is 9.87. The van der Waals surface area contributed by atoms with E-state index in [1.54, 1.807) is 0 Å². The van der Waals surface area contributed by atoms with Crippen molar-refractivity contribution in [3.8, 4) is 0 Å². The number of rotatable bonds is 5. The zero-order valence-corrected chi connectivity index (χ0v) is 12.7. The maximum Gasteiger partial charge on any atom is 0.225 e. The van der Waals surface area contributed by atoms with Gasteiger partial charge in [0.1, 0.15) is 0 Å². The molecule has 0 aliphatic heterocycles. The van der Waals surface area contributed by atoms with Crippen LogP contribution in [0.4, 0.5) is 0 Å². The van der Waals surface area contributed by atoms with Crippen LogP contribution in [0, 0.1) is 5.92 Å². The number of benzene rings is 1. The standard InChI is InChI=1S/C16H26N2O/c1-6-13-7-9-14(10-8-13)16(4,5)18-15(19)11(2)12(3)17/h7-12H,6,17H2,1-5H3,(H,18,19). The van der Waals surface area contributed by atoms with Crippen molar-refractivity contribution in [2.24, 2.45) is 11.7 Å². The molecular weight excluding hydrogens is 236 g/mol. The summed E-state index contributed by atoms with van der Waals surface area (Å²) in [6, 6.07) is 8.24. The maximum absolute atomic E-state index is 12.1. The highest BCUT2D eigenvalue weighted by atomic mass is 16.2. The van der Waals surface area contributed by atoms with Gasteiger partial charge in [0.2, 0.25) is 5.91 Å². The molecule has 106 valence electrons. The number of nitrogens with one attached hydrogen (secondary N) is 1. The Bertz CT molecular complexity index is 421. The molecule has 0 bridgehead atoms. The molecule has 3 nitrogen and oxygen atoms in total. The predicted molar refractivity (Wildman–Crippen MR) is 79.8 cm³/mol. The van der Waals surface area contributed by atoms with Gasteiger partial charge < -0.3 is 11.1 Å². The van der Waals surface area contributed by atoms with E-state index in [0.717, 1.165) is 12.0 Å². The van der Waals surface area contributed by atoms with Crippen LogP contribution in [0.3, 0.4) is 0 Å². The number of carbonyl (C=O) groups is 1. The molecule has 0 heterocycles. The van der Waals surface area contributed by atoms with Crippen molar-refractivity contribution in [2.75, 3.05) is 0 Å². The van der Waals surface area contributed by atoms with Gasteiger partial charge in [-0.05, 0) is 38.3 Å². The molecule has 1 aromatic rings. The zero-order valence-electron chi connectivity index (χ0n) is 12.7. The summed E-state index contributed by atoms with van der Waals surface area (Å²) in [4.78, 5) is 12.1. The molecule has 0 spiro atoms. The fourth-order valence-corrected chi connectivity index (χ4v) is 1.89. The maximum atomic E-state index is 12.1. The lowest BCUT2D eigenvalue weighted by atomic mass is 9.91. The number of aryl methyl sites for hydroxylation is 1. The Hall–Kier alpha value is -1.35. The normalized spacial score (nSPS) is 14.8. The molecule has 2 unspecified atom stereocenters. The fourth-order valence-electron chi connectivity index (χ4n) is 1.89. The molecule has 3 heteroatoms. The molecular formula is C16H26N2O. The number of carbonyl (C=O) groups excluding carboxylic acids is 1. The average molecular weight is 262 g/mol. The van der Waals surface area contributed by atoms with E-state index in [4.69, 9.17) is 5.73 Å². The van der Waals surface area contributed by atoms with Crippen molar-refractivity contribution in [3.05, 3.63) is 35.4 Å². The van der Waals surface area contributed by atoms with E-state index >= 15 is 0 Å². The highest BCUT2D eigenvalue weighted by Gasteiger charge is 2.26. The Labute approximate surface area is 116 Å². The smallest absolute Gasteiger partial charge is 0.225 e. The van der Waals surface area contributed by atoms with Crippen LogP contribution in [0.1, 0.15) is 45.7 Å². The summed E-state index contributed by atoms with van der Waals surface area (Å²) in [7, 11) is 0. The number of hydrogen-bond donors (Lipinski definition) is 2. The first-order chi connectivity index (χ1) is 8.77. The largest absolute Gasteiger partial charge is 0.347 e. The van der Waals surface area contributed by atoms with Gasteiger partial charge in [-0.15, -0.1) is 0 Å². The van der Waals surface area contributed by atoms with Gasteiger partial charge in [-0.1, -0.05) is 38.1 Å². The van der Waals surface area contributed by atoms with E-state index in [1.807, 2.05) is 27.7 Å². The second-order valence-corrected chi connectivity index (χ2v) is 5.81. The SMILES string of the molecule is CCc1ccc(C(C)(C)NC(=O)C(C)C(C)N)cc1. The van der Waals surface area contributed by atoms with E-state index in [0.29, 0.717) is 0 Å². The van der Waals surface area contributed by atoms with Gasteiger partial charge in [-0.3, -0.25) is 4.79 Å². The van der Waals surface area contributed by atoms with Crippen molar-refractivity contribution in [3.63, 3.8) is 0 Å². The van der Waals surface area contributed by atoms with Crippen molar-refractivity contribution in [2.45, 2.75) is 52.6 Å². The van der Waals surface area contributed by atoms with E-state index in [-0.39, 0.29) is 23.4 Å². The summed E-state index contributed by atoms with van der Waals surface area (Å²) in [6.07, 6.45) is 1.02. The molecule has 0 radical (unpaired) electrons. The van der Waals surface area contributed by atoms with E-state index < -0.39 is 0 Å². The van der Waals surface area contributed by atoms with Gasteiger partial charge >= 0.3 is 0 Å². The topological polar surface area (TPSA) is 55.1 Å². The van der Waals surface area contributed by atoms with E-state index in [1.165, 1.54) is 5.56 Å². The van der Waals surface area contributed by atoms with E-state index in [9.17, 15) is 4.79 Å². The van der Waals surface area contributed by atoms with Gasteiger partial charge in [0.15, 0.2) is 0 Å². The van der Waals surface area contributed by atoms with Crippen molar-refractivity contribution in [1.29, 1.82) is 0 Å². The molecule has 1 rings (SSSR count). The first-order valence-corrected chi connectivity index (χ1v) is 6.95. The van der Waals surface area contributed by atoms with Crippen molar-refractivity contribution < 1.29 is 4.79 Å². The minimum absolute atomic E-state index is 0.000400. The lowest BCUT2D eigenvalue weighted by Crippen LogP contribution is -2.47. The molecule has 1 amide bonds. The van der Waals surface area contributed by atoms with Crippen LogP contribution in [-0.2, 0) is 16.8 Å². The zero-order chi connectivity index (χ0) is 14.6. The van der Waals surface area contributed by atoms with Crippen molar-refractivity contribution in [1.82, 2.24) is 5.32 Å². The Morgan fingerprint density at radius 3 is 2.21 bits per heavy atom. The molecule has 0 aliphatic rings. The van der Waals surface area contributed by atoms with Crippen LogP contribution >= 0.6 is 0 Å². The van der Waals surface area contributed by atoms with Gasteiger partial charge in [0, 0.05) is 12.0 Å². The molecule has 3 N–H and O–H groups in total. The highest BCUT2D eigenvalue weighted by Crippen LogP contribution is 2.21. The fraction of sp³-hybridized carbons (Fsp3) is 0.562. The van der Waals surface area contributed by atoms with Crippen LogP contribution in [0.15, 0.2) is 24.3 Å². The third-order valence-electron chi connectivity index (χ3n) is 3.72. The minimum Gasteiger partial charge on any atom is -0.347 e. The third kappa shape index (κ3) is 4.06. The first kappa shape index (κ1) is 15.7. The van der Waals surface area contributed by atoms with Crippen LogP contribution in [0.2, 0.25) is 0 Å². The van der Waals surface area contributed by atoms with Crippen LogP contribution in [0.25, 0.3) is 0 Å². The summed E-state index contributed by atoms with van der Waals surface area (Å²) in [5, 5.41) is 3.07. The van der Waals surface area contributed by atoms with Gasteiger partial charge in [0.25, 0.3) is 0 Å². The molecule has 0 saturated heterocycles. The van der Waals surface area contributed by atoms with Gasteiger partial charge in [0.05, 0.1) is 5.54 Å². The Balaban J connectivity index is 2.82. The first-order valence-electron chi connectivity index (χ1n) is 6.95. The monoisotopic (exact) mass is 262 g/mol. The Morgan fingerprint density at radius 1 is 1.26 bits per heavy atom. The molecule has 2 atom stereocenters. The highest BCUT2D eigenvalue weighted by molar-refractivity contribution is 5.79. The molecule has 1 aromatic carbocycles. The average Bonchev–Trinajstić information content (AvgIpc) is 2.37. The summed E-state index contributed by atoms with van der Waals surface area (Å²) >= 11 is 0. The van der Waals surface area contributed by atoms with Crippen LogP contribution < -0.4 is 11.1 Å². The molecule has 0 aliphatic carbocycles. The van der Waals surface area contributed by atoms with Gasteiger partial charge in [-0.25, -0.2) is 0 Å². The minimum atomic E-state index is -0.382. The molecule has 19 heavy (non-hydrogen) atoms. The third-order valence-corrected chi connectivity index (χ3v) is 3.72.